The van der Waals surface area contributed by atoms with Crippen LogP contribution in [0.2, 0.25) is 5.02 Å². The predicted octanol–water partition coefficient (Wildman–Crippen LogP) is 1.28. The molecule has 1 aromatic carbocycles. The second kappa shape index (κ2) is 5.28. The molecule has 1 saturated carbocycles. The van der Waals surface area contributed by atoms with E-state index in [9.17, 15) is 8.42 Å². The van der Waals surface area contributed by atoms with Gasteiger partial charge in [-0.25, -0.2) is 13.1 Å². The van der Waals surface area contributed by atoms with Crippen LogP contribution in [0, 0.1) is 12.8 Å². The quantitative estimate of drug-likeness (QED) is 0.731. The average molecular weight is 305 g/mol. The number of rotatable bonds is 4. The highest BCUT2D eigenvalue weighted by Crippen LogP contribution is 2.28. The van der Waals surface area contributed by atoms with E-state index in [1.54, 1.807) is 6.92 Å². The number of nitrogen functional groups attached to an aromatic ring is 1. The van der Waals surface area contributed by atoms with Gasteiger partial charge in [-0.2, -0.15) is 0 Å². The van der Waals surface area contributed by atoms with Gasteiger partial charge in [-0.05, 0) is 43.4 Å². The number of aryl methyl sites for hydroxylation is 1. The van der Waals surface area contributed by atoms with Gasteiger partial charge in [0.1, 0.15) is 0 Å². The van der Waals surface area contributed by atoms with E-state index in [2.05, 4.69) is 4.72 Å². The van der Waals surface area contributed by atoms with E-state index >= 15 is 0 Å². The number of nitrogens with one attached hydrogen (secondary N) is 1. The molecule has 0 heterocycles. The van der Waals surface area contributed by atoms with Gasteiger partial charge in [-0.1, -0.05) is 11.6 Å². The number of aliphatic hydroxyl groups excluding tert-OH is 1. The Morgan fingerprint density at radius 1 is 1.47 bits per heavy atom. The lowest BCUT2D eigenvalue weighted by atomic mass is 9.83. The summed E-state index contributed by atoms with van der Waals surface area (Å²) < 4.78 is 26.7. The molecule has 0 bridgehead atoms. The summed E-state index contributed by atoms with van der Waals surface area (Å²) in [7, 11) is -3.58. The van der Waals surface area contributed by atoms with Crippen molar-refractivity contribution in [1.82, 2.24) is 4.72 Å². The molecule has 1 aliphatic rings. The molecule has 4 N–H and O–H groups in total. The van der Waals surface area contributed by atoms with Crippen molar-refractivity contribution >= 4 is 27.3 Å². The second-order valence-corrected chi connectivity index (χ2v) is 7.13. The molecule has 19 heavy (non-hydrogen) atoms. The van der Waals surface area contributed by atoms with Gasteiger partial charge in [0.05, 0.1) is 21.7 Å². The molecule has 0 aliphatic heterocycles. The molecule has 1 aliphatic carbocycles. The Kier molecular flexibility index (Phi) is 4.06. The van der Waals surface area contributed by atoms with Gasteiger partial charge in [-0.15, -0.1) is 0 Å². The minimum absolute atomic E-state index is 0.117. The Morgan fingerprint density at radius 3 is 2.63 bits per heavy atom. The van der Waals surface area contributed by atoms with Crippen LogP contribution in [0.25, 0.3) is 0 Å². The fourth-order valence-electron chi connectivity index (χ4n) is 2.10. The van der Waals surface area contributed by atoms with Gasteiger partial charge in [-0.3, -0.25) is 0 Å². The summed E-state index contributed by atoms with van der Waals surface area (Å²) in [4.78, 5) is 0.117. The van der Waals surface area contributed by atoms with Crippen molar-refractivity contribution in [2.24, 2.45) is 5.92 Å². The highest BCUT2D eigenvalue weighted by atomic mass is 35.5. The molecular weight excluding hydrogens is 288 g/mol. The first-order valence-corrected chi connectivity index (χ1v) is 7.89. The van der Waals surface area contributed by atoms with Gasteiger partial charge >= 0.3 is 0 Å². The summed E-state index contributed by atoms with van der Waals surface area (Å²) in [5.41, 5.74) is 6.55. The van der Waals surface area contributed by atoms with Crippen LogP contribution in [0.3, 0.4) is 0 Å². The molecule has 0 saturated heterocycles. The zero-order valence-corrected chi connectivity index (χ0v) is 12.1. The van der Waals surface area contributed by atoms with Crippen molar-refractivity contribution in [2.75, 3.05) is 12.3 Å². The highest BCUT2D eigenvalue weighted by molar-refractivity contribution is 7.89. The fraction of sp³-hybridized carbons (Fsp3) is 0.500. The number of anilines is 1. The molecule has 0 radical (unpaired) electrons. The summed E-state index contributed by atoms with van der Waals surface area (Å²) in [5, 5.41) is 9.54. The zero-order valence-electron chi connectivity index (χ0n) is 10.6. The van der Waals surface area contributed by atoms with E-state index in [1.807, 2.05) is 0 Å². The monoisotopic (exact) mass is 304 g/mol. The molecule has 5 nitrogen and oxygen atoms in total. The molecule has 2 rings (SSSR count). The molecular formula is C12H17ClN2O3S. The normalized spacial score (nSPS) is 23.1. The number of nitrogens with two attached hydrogens (primary N) is 1. The predicted molar refractivity (Wildman–Crippen MR) is 74.5 cm³/mol. The molecule has 0 aromatic heterocycles. The number of sulfonamides is 1. The molecule has 1 fully saturated rings. The number of halogens is 1. The van der Waals surface area contributed by atoms with E-state index in [1.165, 1.54) is 12.1 Å². The Bertz CT molecular complexity index is 560. The van der Waals surface area contributed by atoms with Crippen molar-refractivity contribution in [3.05, 3.63) is 22.7 Å². The Morgan fingerprint density at radius 2 is 2.11 bits per heavy atom. The summed E-state index contributed by atoms with van der Waals surface area (Å²) in [6, 6.07) is 2.85. The molecule has 1 aromatic rings. The van der Waals surface area contributed by atoms with Crippen LogP contribution < -0.4 is 10.5 Å². The van der Waals surface area contributed by atoms with Crippen molar-refractivity contribution in [1.29, 1.82) is 0 Å². The van der Waals surface area contributed by atoms with Crippen molar-refractivity contribution in [3.8, 4) is 0 Å². The minimum atomic E-state index is -3.58. The average Bonchev–Trinajstić information content (AvgIpc) is 2.29. The van der Waals surface area contributed by atoms with E-state index in [-0.39, 0.29) is 22.6 Å². The van der Waals surface area contributed by atoms with Gasteiger partial charge in [0.15, 0.2) is 0 Å². The lowest BCUT2D eigenvalue weighted by Gasteiger charge is -2.31. The van der Waals surface area contributed by atoms with Crippen LogP contribution in [0.5, 0.6) is 0 Å². The minimum Gasteiger partial charge on any atom is -0.397 e. The molecule has 0 atom stereocenters. The fourth-order valence-corrected chi connectivity index (χ4v) is 3.44. The summed E-state index contributed by atoms with van der Waals surface area (Å²) >= 11 is 5.91. The molecule has 0 amide bonds. The standard InChI is InChI=1S/C12H17ClN2O3S/c1-7-2-10(5-11(14)12(7)13)19(17,18)15-6-8-3-9(16)4-8/h2,5,8-9,15-16H,3-4,6,14H2,1H3. The van der Waals surface area contributed by atoms with Crippen molar-refractivity contribution < 1.29 is 13.5 Å². The summed E-state index contributed by atoms with van der Waals surface area (Å²) in [5.74, 6) is 0.204. The van der Waals surface area contributed by atoms with Crippen molar-refractivity contribution in [2.45, 2.75) is 30.8 Å². The largest absolute Gasteiger partial charge is 0.397 e. The first kappa shape index (κ1) is 14.6. The Hall–Kier alpha value is -0.820. The van der Waals surface area contributed by atoms with E-state index in [0.29, 0.717) is 30.0 Å². The van der Waals surface area contributed by atoms with Crippen LogP contribution >= 0.6 is 11.6 Å². The number of benzene rings is 1. The summed E-state index contributed by atoms with van der Waals surface area (Å²) in [6.45, 7) is 2.04. The maximum Gasteiger partial charge on any atom is 0.240 e. The SMILES string of the molecule is Cc1cc(S(=O)(=O)NCC2CC(O)C2)cc(N)c1Cl. The van der Waals surface area contributed by atoms with E-state index in [4.69, 9.17) is 22.4 Å². The van der Waals surface area contributed by atoms with Crippen LogP contribution in [0.4, 0.5) is 5.69 Å². The smallest absolute Gasteiger partial charge is 0.240 e. The van der Waals surface area contributed by atoms with Gasteiger partial charge < -0.3 is 10.8 Å². The maximum absolute atomic E-state index is 12.1. The van der Waals surface area contributed by atoms with Crippen LogP contribution in [-0.4, -0.2) is 26.2 Å². The number of hydrogen-bond acceptors (Lipinski definition) is 4. The number of aliphatic hydroxyl groups is 1. The maximum atomic E-state index is 12.1. The Labute approximate surface area is 117 Å². The van der Waals surface area contributed by atoms with Crippen LogP contribution in [0.1, 0.15) is 18.4 Å². The molecule has 0 spiro atoms. The van der Waals surface area contributed by atoms with E-state index < -0.39 is 10.0 Å². The third-order valence-electron chi connectivity index (χ3n) is 3.34. The lowest BCUT2D eigenvalue weighted by molar-refractivity contribution is 0.0453. The third kappa shape index (κ3) is 3.20. The summed E-state index contributed by atoms with van der Waals surface area (Å²) in [6.07, 6.45) is 0.997. The number of hydrogen-bond donors (Lipinski definition) is 3. The first-order chi connectivity index (χ1) is 8.79. The lowest BCUT2D eigenvalue weighted by Crippen LogP contribution is -2.38. The van der Waals surface area contributed by atoms with Gasteiger partial charge in [0.2, 0.25) is 10.0 Å². The van der Waals surface area contributed by atoms with Gasteiger partial charge in [0, 0.05) is 6.54 Å². The zero-order chi connectivity index (χ0) is 14.2. The van der Waals surface area contributed by atoms with Crippen LogP contribution in [0.15, 0.2) is 17.0 Å². The van der Waals surface area contributed by atoms with Gasteiger partial charge in [0.25, 0.3) is 0 Å². The van der Waals surface area contributed by atoms with Crippen molar-refractivity contribution in [3.63, 3.8) is 0 Å². The van der Waals surface area contributed by atoms with Crippen LogP contribution in [-0.2, 0) is 10.0 Å². The van der Waals surface area contributed by atoms with E-state index in [0.717, 1.165) is 0 Å². The Balaban J connectivity index is 2.11. The second-order valence-electron chi connectivity index (χ2n) is 4.99. The third-order valence-corrected chi connectivity index (χ3v) is 5.26. The highest BCUT2D eigenvalue weighted by Gasteiger charge is 2.28. The molecule has 106 valence electrons. The molecule has 7 heteroatoms. The molecule has 0 unspecified atom stereocenters. The first-order valence-electron chi connectivity index (χ1n) is 6.03. The topological polar surface area (TPSA) is 92.4 Å².